The van der Waals surface area contributed by atoms with Crippen molar-refractivity contribution in [1.82, 2.24) is 0 Å². The van der Waals surface area contributed by atoms with Crippen LogP contribution in [-0.4, -0.2) is 11.8 Å². The van der Waals surface area contributed by atoms with Gasteiger partial charge >= 0.3 is 5.97 Å². The van der Waals surface area contributed by atoms with Gasteiger partial charge < -0.3 is 4.74 Å². The van der Waals surface area contributed by atoms with Crippen molar-refractivity contribution in [3.05, 3.63) is 24.5 Å². The van der Waals surface area contributed by atoms with Gasteiger partial charge in [0, 0.05) is 12.5 Å². The number of rotatable bonds is 2. The molecule has 0 amide bonds. The maximum Gasteiger partial charge on any atom is 0.318 e. The van der Waals surface area contributed by atoms with Crippen LogP contribution in [0, 0.1) is 0 Å². The van der Waals surface area contributed by atoms with Gasteiger partial charge in [-0.2, -0.15) is 0 Å². The molecular formula is C8H8O3. The number of hydrogen-bond acceptors (Lipinski definition) is 3. The Kier molecular flexibility index (Phi) is 2.21. The molecule has 1 aliphatic rings. The fourth-order valence-electron chi connectivity index (χ4n) is 0.827. The molecule has 11 heavy (non-hydrogen) atoms. The van der Waals surface area contributed by atoms with Crippen LogP contribution < -0.4 is 0 Å². The Labute approximate surface area is 64.3 Å². The van der Waals surface area contributed by atoms with Crippen molar-refractivity contribution < 1.29 is 14.3 Å². The minimum Gasteiger partial charge on any atom is -0.430 e. The Balaban J connectivity index is 2.71. The molecule has 0 atom stereocenters. The van der Waals surface area contributed by atoms with Gasteiger partial charge in [-0.05, 0) is 0 Å². The van der Waals surface area contributed by atoms with E-state index in [0.717, 1.165) is 0 Å². The standard InChI is InChI=1S/C8H8O3/c1-2-3-7-4-6(9)5-8(10)11-7/h2,4H,1,3,5H2. The average molecular weight is 152 g/mol. The zero-order chi connectivity index (χ0) is 8.27. The van der Waals surface area contributed by atoms with Crippen molar-refractivity contribution in [2.75, 3.05) is 0 Å². The number of allylic oxidation sites excluding steroid dienone is 2. The van der Waals surface area contributed by atoms with Gasteiger partial charge in [0.15, 0.2) is 5.78 Å². The highest BCUT2D eigenvalue weighted by Crippen LogP contribution is 2.11. The van der Waals surface area contributed by atoms with Crippen LogP contribution in [0.5, 0.6) is 0 Å². The quantitative estimate of drug-likeness (QED) is 0.336. The van der Waals surface area contributed by atoms with E-state index in [-0.39, 0.29) is 12.2 Å². The molecule has 0 aromatic carbocycles. The van der Waals surface area contributed by atoms with Crippen LogP contribution in [0.1, 0.15) is 12.8 Å². The highest BCUT2D eigenvalue weighted by atomic mass is 16.5. The summed E-state index contributed by atoms with van der Waals surface area (Å²) in [6.07, 6.45) is 3.21. The average Bonchev–Trinajstić information content (AvgIpc) is 1.85. The topological polar surface area (TPSA) is 43.4 Å². The molecule has 0 fully saturated rings. The van der Waals surface area contributed by atoms with Crippen LogP contribution in [0.2, 0.25) is 0 Å². The molecule has 0 aromatic rings. The largest absolute Gasteiger partial charge is 0.430 e. The number of ketones is 1. The van der Waals surface area contributed by atoms with Crippen molar-refractivity contribution in [3.8, 4) is 0 Å². The summed E-state index contributed by atoms with van der Waals surface area (Å²) in [4.78, 5) is 21.4. The molecule has 58 valence electrons. The van der Waals surface area contributed by atoms with Crippen molar-refractivity contribution >= 4 is 11.8 Å². The van der Waals surface area contributed by atoms with Crippen LogP contribution in [0.15, 0.2) is 24.5 Å². The minimum absolute atomic E-state index is 0.138. The third-order valence-electron chi connectivity index (χ3n) is 1.23. The van der Waals surface area contributed by atoms with E-state index in [4.69, 9.17) is 4.74 Å². The fourth-order valence-corrected chi connectivity index (χ4v) is 0.827. The molecule has 0 aliphatic carbocycles. The van der Waals surface area contributed by atoms with Crippen molar-refractivity contribution in [3.63, 3.8) is 0 Å². The molecule has 1 aliphatic heterocycles. The number of esters is 1. The Hall–Kier alpha value is -1.38. The molecular weight excluding hydrogens is 144 g/mol. The van der Waals surface area contributed by atoms with Gasteiger partial charge in [0.25, 0.3) is 0 Å². The van der Waals surface area contributed by atoms with E-state index >= 15 is 0 Å². The van der Waals surface area contributed by atoms with E-state index in [9.17, 15) is 9.59 Å². The number of cyclic esters (lactones) is 1. The SMILES string of the molecule is C=CCC1=CC(=O)CC(=O)O1. The van der Waals surface area contributed by atoms with Crippen molar-refractivity contribution in [2.24, 2.45) is 0 Å². The van der Waals surface area contributed by atoms with Gasteiger partial charge in [-0.15, -0.1) is 6.58 Å². The normalized spacial score (nSPS) is 17.3. The predicted molar refractivity (Wildman–Crippen MR) is 38.6 cm³/mol. The number of hydrogen-bond donors (Lipinski definition) is 0. The summed E-state index contributed by atoms with van der Waals surface area (Å²) in [7, 11) is 0. The maximum atomic E-state index is 10.7. The summed E-state index contributed by atoms with van der Waals surface area (Å²) in [6.45, 7) is 3.46. The van der Waals surface area contributed by atoms with Crippen LogP contribution in [0.4, 0.5) is 0 Å². The number of carbonyl (C=O) groups excluding carboxylic acids is 2. The number of carbonyl (C=O) groups is 2. The summed E-state index contributed by atoms with van der Waals surface area (Å²) >= 11 is 0. The highest BCUT2D eigenvalue weighted by Gasteiger charge is 2.17. The third kappa shape index (κ3) is 2.04. The lowest BCUT2D eigenvalue weighted by atomic mass is 10.2. The fraction of sp³-hybridized carbons (Fsp3) is 0.250. The Morgan fingerprint density at radius 3 is 2.91 bits per heavy atom. The second-order valence-electron chi connectivity index (χ2n) is 2.22. The van der Waals surface area contributed by atoms with Gasteiger partial charge in [0.1, 0.15) is 12.2 Å². The molecule has 0 bridgehead atoms. The van der Waals surface area contributed by atoms with Crippen LogP contribution >= 0.6 is 0 Å². The molecule has 1 rings (SSSR count). The zero-order valence-corrected chi connectivity index (χ0v) is 6.00. The van der Waals surface area contributed by atoms with E-state index in [0.29, 0.717) is 12.2 Å². The zero-order valence-electron chi connectivity index (χ0n) is 6.00. The van der Waals surface area contributed by atoms with Gasteiger partial charge in [-0.25, -0.2) is 0 Å². The van der Waals surface area contributed by atoms with E-state index in [1.807, 2.05) is 0 Å². The first-order valence-electron chi connectivity index (χ1n) is 3.27. The van der Waals surface area contributed by atoms with Gasteiger partial charge in [-0.1, -0.05) is 6.08 Å². The van der Waals surface area contributed by atoms with Crippen molar-refractivity contribution in [2.45, 2.75) is 12.8 Å². The first-order valence-corrected chi connectivity index (χ1v) is 3.27. The molecule has 0 saturated heterocycles. The summed E-state index contributed by atoms with van der Waals surface area (Å²) in [5, 5.41) is 0. The third-order valence-corrected chi connectivity index (χ3v) is 1.23. The summed E-state index contributed by atoms with van der Waals surface area (Å²) in [5.74, 6) is -0.284. The molecule has 0 N–H and O–H groups in total. The van der Waals surface area contributed by atoms with Gasteiger partial charge in [-0.3, -0.25) is 9.59 Å². The number of ether oxygens (including phenoxy) is 1. The van der Waals surface area contributed by atoms with Crippen LogP contribution in [-0.2, 0) is 14.3 Å². The summed E-state index contributed by atoms with van der Waals surface area (Å²) in [6, 6.07) is 0. The molecule has 0 unspecified atom stereocenters. The Morgan fingerprint density at radius 2 is 2.36 bits per heavy atom. The van der Waals surface area contributed by atoms with E-state index in [1.54, 1.807) is 6.08 Å². The monoisotopic (exact) mass is 152 g/mol. The smallest absolute Gasteiger partial charge is 0.318 e. The first kappa shape index (κ1) is 7.72. The lowest BCUT2D eigenvalue weighted by molar-refractivity contribution is -0.143. The lowest BCUT2D eigenvalue weighted by Crippen LogP contribution is -2.15. The van der Waals surface area contributed by atoms with E-state index in [1.165, 1.54) is 6.08 Å². The summed E-state index contributed by atoms with van der Waals surface area (Å²) < 4.78 is 4.73. The molecule has 0 saturated carbocycles. The Morgan fingerprint density at radius 1 is 1.64 bits per heavy atom. The van der Waals surface area contributed by atoms with Crippen LogP contribution in [0.25, 0.3) is 0 Å². The van der Waals surface area contributed by atoms with Crippen LogP contribution in [0.3, 0.4) is 0 Å². The first-order chi connectivity index (χ1) is 5.22. The van der Waals surface area contributed by atoms with E-state index in [2.05, 4.69) is 6.58 Å². The minimum atomic E-state index is -0.477. The van der Waals surface area contributed by atoms with Gasteiger partial charge in [0.2, 0.25) is 0 Å². The van der Waals surface area contributed by atoms with E-state index < -0.39 is 5.97 Å². The molecule has 0 aromatic heterocycles. The summed E-state index contributed by atoms with van der Waals surface area (Å²) in [5.41, 5.74) is 0. The molecule has 3 nitrogen and oxygen atoms in total. The molecule has 0 radical (unpaired) electrons. The highest BCUT2D eigenvalue weighted by molar-refractivity contribution is 6.04. The Bertz CT molecular complexity index is 238. The van der Waals surface area contributed by atoms with Gasteiger partial charge in [0.05, 0.1) is 0 Å². The second-order valence-corrected chi connectivity index (χ2v) is 2.22. The molecule has 0 spiro atoms. The lowest BCUT2D eigenvalue weighted by Gasteiger charge is -2.09. The predicted octanol–water partition coefficient (Wildman–Crippen LogP) is 0.962. The maximum absolute atomic E-state index is 10.7. The van der Waals surface area contributed by atoms with Crippen molar-refractivity contribution in [1.29, 1.82) is 0 Å². The second kappa shape index (κ2) is 3.14. The molecule has 1 heterocycles. The molecule has 3 heteroatoms.